The van der Waals surface area contributed by atoms with Crippen LogP contribution in [0.3, 0.4) is 0 Å². The summed E-state index contributed by atoms with van der Waals surface area (Å²) >= 11 is 0. The lowest BCUT2D eigenvalue weighted by Gasteiger charge is -2.12. The van der Waals surface area contributed by atoms with Gasteiger partial charge < -0.3 is 15.7 Å². The highest BCUT2D eigenvalue weighted by atomic mass is 19.1. The molecule has 3 aromatic rings. The van der Waals surface area contributed by atoms with Gasteiger partial charge in [-0.3, -0.25) is 9.59 Å². The van der Waals surface area contributed by atoms with E-state index in [1.54, 1.807) is 30.3 Å². The molecular formula is C19H17FN4O4. The van der Waals surface area contributed by atoms with E-state index >= 15 is 0 Å². The number of anilines is 1. The maximum Gasteiger partial charge on any atom is 0.325 e. The van der Waals surface area contributed by atoms with Crippen molar-refractivity contribution in [2.75, 3.05) is 5.32 Å². The van der Waals surface area contributed by atoms with Crippen LogP contribution < -0.4 is 16.2 Å². The number of rotatable bonds is 5. The van der Waals surface area contributed by atoms with Crippen molar-refractivity contribution in [1.82, 2.24) is 15.5 Å². The largest absolute Gasteiger partial charge is 0.480 e. The van der Waals surface area contributed by atoms with E-state index in [1.807, 2.05) is 0 Å². The molecule has 2 aromatic carbocycles. The molecule has 0 saturated heterocycles. The summed E-state index contributed by atoms with van der Waals surface area (Å²) in [4.78, 5) is 34.5. The van der Waals surface area contributed by atoms with Crippen LogP contribution in [0.5, 0.6) is 0 Å². The lowest BCUT2D eigenvalue weighted by atomic mass is 10.0. The van der Waals surface area contributed by atoms with Gasteiger partial charge in [-0.2, -0.15) is 5.10 Å². The number of carboxylic acid groups (broad SMARTS) is 1. The molecule has 0 radical (unpaired) electrons. The van der Waals surface area contributed by atoms with Gasteiger partial charge in [-0.1, -0.05) is 24.3 Å². The van der Waals surface area contributed by atoms with Crippen LogP contribution >= 0.6 is 0 Å². The molecule has 1 atom stereocenters. The van der Waals surface area contributed by atoms with Crippen LogP contribution in [0, 0.1) is 5.82 Å². The number of amides is 2. The fraction of sp³-hybridized carbons (Fsp3) is 0.158. The van der Waals surface area contributed by atoms with Crippen LogP contribution in [0.15, 0.2) is 47.3 Å². The summed E-state index contributed by atoms with van der Waals surface area (Å²) in [5.74, 6) is -1.87. The molecule has 9 heteroatoms. The first-order chi connectivity index (χ1) is 13.3. The van der Waals surface area contributed by atoms with Gasteiger partial charge in [-0.05, 0) is 30.7 Å². The number of aliphatic carboxylic acids is 1. The smallest absolute Gasteiger partial charge is 0.325 e. The first kappa shape index (κ1) is 19.0. The highest BCUT2D eigenvalue weighted by Gasteiger charge is 2.15. The number of halogens is 1. The first-order valence-electron chi connectivity index (χ1n) is 8.40. The topological polar surface area (TPSA) is 124 Å². The quantitative estimate of drug-likeness (QED) is 0.537. The molecule has 8 nitrogen and oxygen atoms in total. The molecule has 0 aliphatic rings. The summed E-state index contributed by atoms with van der Waals surface area (Å²) in [5, 5.41) is 21.0. The number of hydrogen-bond donors (Lipinski definition) is 4. The predicted octanol–water partition coefficient (Wildman–Crippen LogP) is 2.25. The molecule has 0 unspecified atom stereocenters. The van der Waals surface area contributed by atoms with E-state index in [-0.39, 0.29) is 11.2 Å². The van der Waals surface area contributed by atoms with Gasteiger partial charge in [0.1, 0.15) is 11.9 Å². The summed E-state index contributed by atoms with van der Waals surface area (Å²) in [6.45, 7) is 1.29. The highest BCUT2D eigenvalue weighted by molar-refractivity contribution is 5.92. The number of carbonyl (C=O) groups is 2. The van der Waals surface area contributed by atoms with Crippen molar-refractivity contribution in [2.45, 2.75) is 19.4 Å². The number of H-pyrrole nitrogens is 1. The fourth-order valence-corrected chi connectivity index (χ4v) is 2.69. The van der Waals surface area contributed by atoms with Gasteiger partial charge in [0.25, 0.3) is 5.56 Å². The Hall–Kier alpha value is -3.75. The van der Waals surface area contributed by atoms with E-state index in [1.165, 1.54) is 19.1 Å². The highest BCUT2D eigenvalue weighted by Crippen LogP contribution is 2.21. The summed E-state index contributed by atoms with van der Waals surface area (Å²) < 4.78 is 14.0. The van der Waals surface area contributed by atoms with Crippen molar-refractivity contribution in [3.63, 3.8) is 0 Å². The molecule has 3 rings (SSSR count). The number of aromatic amines is 1. The van der Waals surface area contributed by atoms with E-state index in [4.69, 9.17) is 5.11 Å². The first-order valence-corrected chi connectivity index (χ1v) is 8.40. The molecule has 0 spiro atoms. The Kier molecular flexibility index (Phi) is 5.35. The minimum atomic E-state index is -1.21. The minimum Gasteiger partial charge on any atom is -0.480 e. The molecule has 28 heavy (non-hydrogen) atoms. The van der Waals surface area contributed by atoms with Gasteiger partial charge in [0, 0.05) is 11.8 Å². The Bertz CT molecular complexity index is 1110. The van der Waals surface area contributed by atoms with E-state index in [0.717, 1.165) is 0 Å². The van der Waals surface area contributed by atoms with Crippen molar-refractivity contribution < 1.29 is 19.1 Å². The van der Waals surface area contributed by atoms with Crippen LogP contribution in [0.25, 0.3) is 10.8 Å². The maximum absolute atomic E-state index is 14.0. The van der Waals surface area contributed by atoms with Crippen molar-refractivity contribution in [3.05, 3.63) is 69.9 Å². The molecular weight excluding hydrogens is 367 g/mol. The lowest BCUT2D eigenvalue weighted by molar-refractivity contribution is -0.138. The third kappa shape index (κ3) is 4.14. The van der Waals surface area contributed by atoms with Gasteiger partial charge in [0.05, 0.1) is 16.8 Å². The predicted molar refractivity (Wildman–Crippen MR) is 101 cm³/mol. The number of urea groups is 1. The number of fused-ring (bicyclic) bond motifs is 1. The standard InChI is InChI=1S/C19H17FN4O4/c1-10(18(26)27)21-19(28)22-16-9-11(6-7-14(16)20)8-15-12-4-2-3-5-13(12)17(25)24-23-15/h2-7,9-10H,8H2,1H3,(H,24,25)(H,26,27)(H2,21,22,28)/t10-/m1/s1. The normalized spacial score (nSPS) is 11.8. The molecule has 1 aromatic heterocycles. The van der Waals surface area contributed by atoms with E-state index in [0.29, 0.717) is 28.5 Å². The number of carbonyl (C=O) groups excluding carboxylic acids is 1. The summed E-state index contributed by atoms with van der Waals surface area (Å²) in [6.07, 6.45) is 0.291. The summed E-state index contributed by atoms with van der Waals surface area (Å²) in [7, 11) is 0. The van der Waals surface area contributed by atoms with Crippen LogP contribution in [0.4, 0.5) is 14.9 Å². The van der Waals surface area contributed by atoms with Gasteiger partial charge in [0.15, 0.2) is 0 Å². The number of nitrogens with one attached hydrogen (secondary N) is 3. The number of benzene rings is 2. The van der Waals surface area contributed by atoms with Crippen LogP contribution in [0.1, 0.15) is 18.2 Å². The van der Waals surface area contributed by atoms with Crippen molar-refractivity contribution in [3.8, 4) is 0 Å². The Balaban J connectivity index is 1.84. The number of hydrogen-bond acceptors (Lipinski definition) is 4. The maximum atomic E-state index is 14.0. The molecule has 2 amide bonds. The monoisotopic (exact) mass is 384 g/mol. The van der Waals surface area contributed by atoms with Crippen LogP contribution in [-0.4, -0.2) is 33.3 Å². The van der Waals surface area contributed by atoms with Crippen molar-refractivity contribution in [2.24, 2.45) is 0 Å². The van der Waals surface area contributed by atoms with Gasteiger partial charge in [-0.25, -0.2) is 14.3 Å². The van der Waals surface area contributed by atoms with E-state index < -0.39 is 23.9 Å². The second-order valence-corrected chi connectivity index (χ2v) is 6.19. The molecule has 4 N–H and O–H groups in total. The third-order valence-corrected chi connectivity index (χ3v) is 4.14. The zero-order valence-corrected chi connectivity index (χ0v) is 14.8. The fourth-order valence-electron chi connectivity index (χ4n) is 2.69. The minimum absolute atomic E-state index is 0.0960. The molecule has 0 bridgehead atoms. The Labute approximate surface area is 158 Å². The molecule has 0 saturated carbocycles. The molecule has 144 valence electrons. The lowest BCUT2D eigenvalue weighted by Crippen LogP contribution is -2.41. The van der Waals surface area contributed by atoms with Crippen LogP contribution in [-0.2, 0) is 11.2 Å². The Morgan fingerprint density at radius 2 is 1.93 bits per heavy atom. The SMILES string of the molecule is C[C@@H](NC(=O)Nc1cc(Cc2n[nH]c(=O)c3ccccc23)ccc1F)C(=O)O. The number of nitrogens with zero attached hydrogens (tertiary/aromatic N) is 1. The summed E-state index contributed by atoms with van der Waals surface area (Å²) in [5.41, 5.74) is 0.843. The van der Waals surface area contributed by atoms with Crippen molar-refractivity contribution in [1.29, 1.82) is 0 Å². The van der Waals surface area contributed by atoms with Crippen molar-refractivity contribution >= 4 is 28.5 Å². The second kappa shape index (κ2) is 7.87. The van der Waals surface area contributed by atoms with Crippen LogP contribution in [0.2, 0.25) is 0 Å². The van der Waals surface area contributed by atoms with Gasteiger partial charge in [-0.15, -0.1) is 0 Å². The average Bonchev–Trinajstić information content (AvgIpc) is 2.66. The zero-order chi connectivity index (χ0) is 20.3. The van der Waals surface area contributed by atoms with Gasteiger partial charge >= 0.3 is 12.0 Å². The molecule has 0 aliphatic carbocycles. The number of carboxylic acids is 1. The third-order valence-electron chi connectivity index (χ3n) is 4.14. The summed E-state index contributed by atoms with van der Waals surface area (Å²) in [6, 6.07) is 9.21. The van der Waals surface area contributed by atoms with E-state index in [9.17, 15) is 18.8 Å². The molecule has 1 heterocycles. The molecule has 0 fully saturated rings. The number of aromatic nitrogens is 2. The Morgan fingerprint density at radius 1 is 1.21 bits per heavy atom. The van der Waals surface area contributed by atoms with Gasteiger partial charge in [0.2, 0.25) is 0 Å². The average molecular weight is 384 g/mol. The second-order valence-electron chi connectivity index (χ2n) is 6.19. The van der Waals surface area contributed by atoms with E-state index in [2.05, 4.69) is 20.8 Å². The molecule has 0 aliphatic heterocycles. The zero-order valence-electron chi connectivity index (χ0n) is 14.8. The Morgan fingerprint density at radius 3 is 2.64 bits per heavy atom.